The molecule has 1 saturated heterocycles. The van der Waals surface area contributed by atoms with E-state index in [2.05, 4.69) is 5.32 Å². The lowest BCUT2D eigenvalue weighted by atomic mass is 10.1. The Balaban J connectivity index is 1.65. The molecule has 0 bridgehead atoms. The SMILES string of the molecule is O=C(N/C=C/c1ccc(F)c(F)c1)C(c1csc2ccc(Cl)cc12)[P+]1(O)OCCCO1. The van der Waals surface area contributed by atoms with Crippen LogP contribution >= 0.6 is 30.9 Å². The van der Waals surface area contributed by atoms with Crippen LogP contribution < -0.4 is 5.32 Å². The largest absolute Gasteiger partial charge is 0.426 e. The summed E-state index contributed by atoms with van der Waals surface area (Å²) >= 11 is 7.56. The molecule has 0 radical (unpaired) electrons. The Morgan fingerprint density at radius 1 is 1.19 bits per heavy atom. The Morgan fingerprint density at radius 2 is 1.97 bits per heavy atom. The van der Waals surface area contributed by atoms with E-state index >= 15 is 0 Å². The third kappa shape index (κ3) is 4.80. The van der Waals surface area contributed by atoms with Crippen molar-refractivity contribution in [3.63, 3.8) is 0 Å². The molecule has 1 atom stereocenters. The summed E-state index contributed by atoms with van der Waals surface area (Å²) in [6.07, 6.45) is 3.34. The number of fused-ring (bicyclic) bond motifs is 1. The van der Waals surface area contributed by atoms with Gasteiger partial charge in [-0.05, 0) is 47.4 Å². The number of rotatable bonds is 5. The Hall–Kier alpha value is -1.93. The fraction of sp³-hybridized carbons (Fsp3) is 0.190. The highest BCUT2D eigenvalue weighted by molar-refractivity contribution is 7.62. The van der Waals surface area contributed by atoms with Crippen molar-refractivity contribution in [2.24, 2.45) is 0 Å². The molecule has 2 heterocycles. The van der Waals surface area contributed by atoms with Gasteiger partial charge >= 0.3 is 7.94 Å². The number of nitrogens with one attached hydrogen (secondary N) is 1. The number of amides is 1. The summed E-state index contributed by atoms with van der Waals surface area (Å²) < 4.78 is 38.5. The van der Waals surface area contributed by atoms with Gasteiger partial charge in [0.05, 0.1) is 13.2 Å². The van der Waals surface area contributed by atoms with Crippen LogP contribution in [0, 0.1) is 11.6 Å². The molecule has 162 valence electrons. The van der Waals surface area contributed by atoms with Gasteiger partial charge in [-0.15, -0.1) is 11.3 Å². The zero-order chi connectivity index (χ0) is 22.0. The summed E-state index contributed by atoms with van der Waals surface area (Å²) in [6.45, 7) is 0.559. The fourth-order valence-corrected chi connectivity index (χ4v) is 6.58. The van der Waals surface area contributed by atoms with Gasteiger partial charge in [0.15, 0.2) is 11.6 Å². The van der Waals surface area contributed by atoms with Crippen LogP contribution in [0.15, 0.2) is 48.0 Å². The maximum Gasteiger partial charge on any atom is 0.426 e. The van der Waals surface area contributed by atoms with Crippen LogP contribution in [0.2, 0.25) is 5.02 Å². The zero-order valence-electron chi connectivity index (χ0n) is 16.1. The van der Waals surface area contributed by atoms with E-state index in [0.717, 1.165) is 22.2 Å². The second-order valence-corrected chi connectivity index (χ2v) is 10.3. The van der Waals surface area contributed by atoms with Gasteiger partial charge in [0.2, 0.25) is 0 Å². The lowest BCUT2D eigenvalue weighted by Crippen LogP contribution is -2.30. The molecular weight excluding hydrogens is 467 g/mol. The van der Waals surface area contributed by atoms with E-state index in [1.807, 2.05) is 6.07 Å². The molecule has 0 spiro atoms. The van der Waals surface area contributed by atoms with E-state index in [9.17, 15) is 18.5 Å². The van der Waals surface area contributed by atoms with Crippen LogP contribution in [0.3, 0.4) is 0 Å². The number of carbonyl (C=O) groups excluding carboxylic acids is 1. The fourth-order valence-electron chi connectivity index (χ4n) is 3.25. The van der Waals surface area contributed by atoms with Gasteiger partial charge in [0.25, 0.3) is 11.6 Å². The van der Waals surface area contributed by atoms with E-state index in [-0.39, 0.29) is 13.2 Å². The summed E-state index contributed by atoms with van der Waals surface area (Å²) in [6, 6.07) is 8.71. The van der Waals surface area contributed by atoms with Crippen molar-refractivity contribution in [2.75, 3.05) is 13.2 Å². The summed E-state index contributed by atoms with van der Waals surface area (Å²) in [5.41, 5.74) is -0.184. The molecule has 1 amide bonds. The Bertz CT molecular complexity index is 1150. The normalized spacial score (nSPS) is 17.2. The van der Waals surface area contributed by atoms with Crippen molar-refractivity contribution in [1.29, 1.82) is 0 Å². The number of carbonyl (C=O) groups is 1. The summed E-state index contributed by atoms with van der Waals surface area (Å²) in [5.74, 6) is -2.49. The highest BCUT2D eigenvalue weighted by atomic mass is 35.5. The summed E-state index contributed by atoms with van der Waals surface area (Å²) in [4.78, 5) is 24.3. The summed E-state index contributed by atoms with van der Waals surface area (Å²) in [5, 5.41) is 5.61. The van der Waals surface area contributed by atoms with Crippen molar-refractivity contribution in [3.8, 4) is 0 Å². The molecule has 1 unspecified atom stereocenters. The highest BCUT2D eigenvalue weighted by Crippen LogP contribution is 2.70. The first-order valence-electron chi connectivity index (χ1n) is 9.36. The average molecular weight is 485 g/mol. The smallest absolute Gasteiger partial charge is 0.329 e. The third-order valence-electron chi connectivity index (χ3n) is 4.72. The number of hydrogen-bond acceptors (Lipinski definition) is 5. The lowest BCUT2D eigenvalue weighted by molar-refractivity contribution is -0.120. The predicted octanol–water partition coefficient (Wildman–Crippen LogP) is 5.85. The molecule has 31 heavy (non-hydrogen) atoms. The molecule has 5 nitrogen and oxygen atoms in total. The first kappa shape index (κ1) is 22.3. The minimum Gasteiger partial charge on any atom is -0.329 e. The van der Waals surface area contributed by atoms with Gasteiger partial charge < -0.3 is 5.32 Å². The van der Waals surface area contributed by atoms with Gasteiger partial charge in [-0.3, -0.25) is 4.79 Å². The standard InChI is InChI=1S/C21H17ClF2NO4PS/c22-14-3-5-19-15(11-14)16(12-31-19)20(30(27)28-8-1-9-29-30)21(26)25-7-6-13-2-4-17(23)18(24)10-13/h2-7,10-12,20,27H,1,8-9H2/p+1/b7-6+. The lowest BCUT2D eigenvalue weighted by Gasteiger charge is -2.27. The first-order chi connectivity index (χ1) is 14.9. The number of halogens is 3. The van der Waals surface area contributed by atoms with Crippen molar-refractivity contribution < 1.29 is 27.5 Å². The van der Waals surface area contributed by atoms with Crippen LogP contribution in [-0.2, 0) is 13.8 Å². The highest BCUT2D eigenvalue weighted by Gasteiger charge is 2.57. The van der Waals surface area contributed by atoms with Crippen molar-refractivity contribution >= 4 is 53.0 Å². The van der Waals surface area contributed by atoms with Crippen LogP contribution in [0.5, 0.6) is 0 Å². The van der Waals surface area contributed by atoms with E-state index < -0.39 is 31.1 Å². The molecular formula is C21H18ClF2NO4PS+. The molecule has 1 aromatic heterocycles. The van der Waals surface area contributed by atoms with Crippen LogP contribution in [0.4, 0.5) is 8.78 Å². The molecule has 1 fully saturated rings. The van der Waals surface area contributed by atoms with Crippen molar-refractivity contribution in [2.45, 2.75) is 12.1 Å². The quantitative estimate of drug-likeness (QED) is 0.446. The maximum atomic E-state index is 13.4. The Labute approximate surface area is 186 Å². The van der Waals surface area contributed by atoms with Crippen molar-refractivity contribution in [1.82, 2.24) is 5.32 Å². The van der Waals surface area contributed by atoms with E-state index in [1.54, 1.807) is 17.5 Å². The van der Waals surface area contributed by atoms with Gasteiger partial charge in [0, 0.05) is 33.3 Å². The number of hydrogen-bond donors (Lipinski definition) is 2. The maximum absolute atomic E-state index is 13.4. The van der Waals surface area contributed by atoms with Gasteiger partial charge in [-0.2, -0.15) is 13.9 Å². The molecule has 0 saturated carbocycles. The monoisotopic (exact) mass is 484 g/mol. The van der Waals surface area contributed by atoms with Crippen LogP contribution in [0.1, 0.15) is 23.2 Å². The molecule has 0 aliphatic carbocycles. The second-order valence-electron chi connectivity index (χ2n) is 6.83. The topological polar surface area (TPSA) is 67.8 Å². The second kappa shape index (κ2) is 9.28. The molecule has 2 N–H and O–H groups in total. The van der Waals surface area contributed by atoms with E-state index in [4.69, 9.17) is 20.6 Å². The van der Waals surface area contributed by atoms with Gasteiger partial charge in [-0.25, -0.2) is 8.78 Å². The Kier molecular flexibility index (Phi) is 6.67. The number of benzene rings is 2. The summed E-state index contributed by atoms with van der Waals surface area (Å²) in [7, 11) is -3.56. The minimum absolute atomic E-state index is 0.279. The molecule has 1 aliphatic heterocycles. The van der Waals surface area contributed by atoms with Crippen LogP contribution in [-0.4, -0.2) is 24.0 Å². The molecule has 1 aliphatic rings. The van der Waals surface area contributed by atoms with Crippen molar-refractivity contribution in [3.05, 3.63) is 75.8 Å². The Morgan fingerprint density at radius 3 is 2.71 bits per heavy atom. The molecule has 10 heteroatoms. The average Bonchev–Trinajstić information content (AvgIpc) is 3.14. The molecule has 3 aromatic rings. The van der Waals surface area contributed by atoms with Crippen LogP contribution in [0.25, 0.3) is 16.2 Å². The van der Waals surface area contributed by atoms with E-state index in [1.165, 1.54) is 29.7 Å². The minimum atomic E-state index is -3.56. The van der Waals surface area contributed by atoms with Gasteiger partial charge in [-0.1, -0.05) is 17.7 Å². The third-order valence-corrected chi connectivity index (χ3v) is 8.21. The number of thiophene rings is 1. The predicted molar refractivity (Wildman–Crippen MR) is 119 cm³/mol. The molecule has 2 aromatic carbocycles. The van der Waals surface area contributed by atoms with E-state index in [0.29, 0.717) is 22.6 Å². The zero-order valence-corrected chi connectivity index (χ0v) is 18.5. The van der Waals surface area contributed by atoms with Gasteiger partial charge in [0.1, 0.15) is 0 Å². The molecule has 4 rings (SSSR count). The first-order valence-corrected chi connectivity index (χ1v) is 12.3.